The molecule has 1 aliphatic carbocycles. The fraction of sp³-hybridized carbons (Fsp3) is 0.600. The van der Waals surface area contributed by atoms with E-state index in [-0.39, 0.29) is 17.8 Å². The Morgan fingerprint density at radius 3 is 2.60 bits per heavy atom. The van der Waals surface area contributed by atoms with Gasteiger partial charge >= 0.3 is 6.18 Å². The highest BCUT2D eigenvalue weighted by Crippen LogP contribution is 2.38. The summed E-state index contributed by atoms with van der Waals surface area (Å²) in [6, 6.07) is 5.38. The van der Waals surface area contributed by atoms with E-state index in [9.17, 15) is 13.2 Å². The Labute approximate surface area is 117 Å². The summed E-state index contributed by atoms with van der Waals surface area (Å²) in [6.07, 6.45) is -1.89. The van der Waals surface area contributed by atoms with Gasteiger partial charge in [0.2, 0.25) is 0 Å². The van der Waals surface area contributed by atoms with Crippen LogP contribution in [0.2, 0.25) is 0 Å². The Morgan fingerprint density at radius 1 is 1.25 bits per heavy atom. The van der Waals surface area contributed by atoms with Crippen LogP contribution in [0.15, 0.2) is 24.3 Å². The van der Waals surface area contributed by atoms with Gasteiger partial charge in [0, 0.05) is 5.92 Å². The molecule has 5 heteroatoms. The van der Waals surface area contributed by atoms with Gasteiger partial charge in [0.05, 0.1) is 5.56 Å². The zero-order valence-corrected chi connectivity index (χ0v) is 11.5. The zero-order valence-electron chi connectivity index (χ0n) is 11.5. The van der Waals surface area contributed by atoms with Gasteiger partial charge in [0.15, 0.2) is 0 Å². The number of halogens is 3. The van der Waals surface area contributed by atoms with Crippen LogP contribution in [-0.2, 0) is 6.18 Å². The van der Waals surface area contributed by atoms with Crippen LogP contribution >= 0.6 is 0 Å². The number of hydrogen-bond acceptors (Lipinski definition) is 2. The van der Waals surface area contributed by atoms with E-state index in [1.807, 2.05) is 0 Å². The van der Waals surface area contributed by atoms with Crippen molar-refractivity contribution in [3.8, 4) is 5.75 Å². The lowest BCUT2D eigenvalue weighted by Gasteiger charge is -2.34. The van der Waals surface area contributed by atoms with E-state index in [1.165, 1.54) is 12.1 Å². The molecule has 1 aromatic rings. The summed E-state index contributed by atoms with van der Waals surface area (Å²) < 4.78 is 44.5. The molecular formula is C15H20F3NO. The van der Waals surface area contributed by atoms with E-state index in [0.29, 0.717) is 12.5 Å². The highest BCUT2D eigenvalue weighted by Gasteiger charge is 2.36. The smallest absolute Gasteiger partial charge is 0.419 e. The second-order valence-corrected chi connectivity index (χ2v) is 5.56. The van der Waals surface area contributed by atoms with E-state index >= 15 is 0 Å². The molecule has 0 bridgehead atoms. The molecule has 0 amide bonds. The first kappa shape index (κ1) is 15.2. The molecule has 0 aliphatic heterocycles. The Kier molecular flexibility index (Phi) is 4.58. The van der Waals surface area contributed by atoms with Crippen molar-refractivity contribution >= 4 is 0 Å². The fourth-order valence-electron chi connectivity index (χ4n) is 2.77. The lowest BCUT2D eigenvalue weighted by molar-refractivity contribution is -0.139. The van der Waals surface area contributed by atoms with Crippen molar-refractivity contribution in [2.45, 2.75) is 38.5 Å². The maximum Gasteiger partial charge on any atom is 0.419 e. The largest absolute Gasteiger partial charge is 0.489 e. The SMILES string of the molecule is CC1CCC(CN)C(Oc2ccccc2C(F)(F)F)C1. The summed E-state index contributed by atoms with van der Waals surface area (Å²) in [5, 5.41) is 0. The minimum atomic E-state index is -4.39. The molecule has 2 rings (SSSR count). The molecule has 20 heavy (non-hydrogen) atoms. The number of ether oxygens (including phenoxy) is 1. The number of para-hydroxylation sites is 1. The van der Waals surface area contributed by atoms with Crippen LogP contribution in [0.4, 0.5) is 13.2 Å². The van der Waals surface area contributed by atoms with Crippen molar-refractivity contribution in [2.75, 3.05) is 6.54 Å². The van der Waals surface area contributed by atoms with Gasteiger partial charge in [-0.25, -0.2) is 0 Å². The van der Waals surface area contributed by atoms with Crippen LogP contribution in [0.5, 0.6) is 5.75 Å². The maximum atomic E-state index is 13.0. The maximum absolute atomic E-state index is 13.0. The molecule has 2 nitrogen and oxygen atoms in total. The second kappa shape index (κ2) is 6.04. The van der Waals surface area contributed by atoms with E-state index in [1.54, 1.807) is 6.07 Å². The van der Waals surface area contributed by atoms with Crippen molar-refractivity contribution in [2.24, 2.45) is 17.6 Å². The third kappa shape index (κ3) is 3.45. The Morgan fingerprint density at radius 2 is 1.95 bits per heavy atom. The number of nitrogens with two attached hydrogens (primary N) is 1. The highest BCUT2D eigenvalue weighted by molar-refractivity contribution is 5.35. The molecule has 3 unspecified atom stereocenters. The molecule has 0 aromatic heterocycles. The van der Waals surface area contributed by atoms with Crippen molar-refractivity contribution in [1.82, 2.24) is 0 Å². The number of rotatable bonds is 3. The third-order valence-electron chi connectivity index (χ3n) is 3.96. The molecule has 1 saturated carbocycles. The number of hydrogen-bond donors (Lipinski definition) is 1. The third-order valence-corrected chi connectivity index (χ3v) is 3.96. The fourth-order valence-corrected chi connectivity index (χ4v) is 2.77. The van der Waals surface area contributed by atoms with Gasteiger partial charge in [-0.1, -0.05) is 25.5 Å². The van der Waals surface area contributed by atoms with Gasteiger partial charge in [-0.2, -0.15) is 13.2 Å². The molecule has 112 valence electrons. The first-order valence-electron chi connectivity index (χ1n) is 6.94. The van der Waals surface area contributed by atoms with Gasteiger partial charge in [-0.15, -0.1) is 0 Å². The van der Waals surface area contributed by atoms with Crippen molar-refractivity contribution in [3.63, 3.8) is 0 Å². The average Bonchev–Trinajstić information content (AvgIpc) is 2.38. The molecule has 3 atom stereocenters. The second-order valence-electron chi connectivity index (χ2n) is 5.56. The number of benzene rings is 1. The first-order valence-corrected chi connectivity index (χ1v) is 6.94. The molecule has 0 heterocycles. The van der Waals surface area contributed by atoms with Gasteiger partial charge in [-0.05, 0) is 37.4 Å². The first-order chi connectivity index (χ1) is 9.41. The molecule has 0 radical (unpaired) electrons. The molecule has 1 aromatic carbocycles. The molecule has 0 spiro atoms. The average molecular weight is 287 g/mol. The molecule has 2 N–H and O–H groups in total. The Hall–Kier alpha value is -1.23. The zero-order chi connectivity index (χ0) is 14.8. The van der Waals surface area contributed by atoms with Crippen LogP contribution in [0.3, 0.4) is 0 Å². The van der Waals surface area contributed by atoms with Crippen LogP contribution in [0.25, 0.3) is 0 Å². The molecular weight excluding hydrogens is 267 g/mol. The minimum Gasteiger partial charge on any atom is -0.489 e. The van der Waals surface area contributed by atoms with Crippen molar-refractivity contribution in [1.29, 1.82) is 0 Å². The lowest BCUT2D eigenvalue weighted by atomic mass is 9.80. The van der Waals surface area contributed by atoms with Gasteiger partial charge in [-0.3, -0.25) is 0 Å². The van der Waals surface area contributed by atoms with Crippen molar-refractivity contribution < 1.29 is 17.9 Å². The summed E-state index contributed by atoms with van der Waals surface area (Å²) in [5.41, 5.74) is 5.00. The standard InChI is InChI=1S/C15H20F3NO/c1-10-6-7-11(9-19)14(8-10)20-13-5-3-2-4-12(13)15(16,17)18/h2-5,10-11,14H,6-9,19H2,1H3. The minimum absolute atomic E-state index is 0.0856. The summed E-state index contributed by atoms with van der Waals surface area (Å²) in [4.78, 5) is 0. The van der Waals surface area contributed by atoms with Crippen LogP contribution in [-0.4, -0.2) is 12.6 Å². The Bertz CT molecular complexity index is 447. The van der Waals surface area contributed by atoms with Crippen LogP contribution in [0, 0.1) is 11.8 Å². The summed E-state index contributed by atoms with van der Waals surface area (Å²) in [7, 11) is 0. The topological polar surface area (TPSA) is 35.2 Å². The normalized spacial score (nSPS) is 27.4. The summed E-state index contributed by atoms with van der Waals surface area (Å²) in [6.45, 7) is 2.55. The van der Waals surface area contributed by atoms with Gasteiger partial charge in [0.1, 0.15) is 11.9 Å². The molecule has 1 aliphatic rings. The summed E-state index contributed by atoms with van der Waals surface area (Å²) >= 11 is 0. The van der Waals surface area contributed by atoms with Gasteiger partial charge in [0.25, 0.3) is 0 Å². The lowest BCUT2D eigenvalue weighted by Crippen LogP contribution is -2.38. The highest BCUT2D eigenvalue weighted by atomic mass is 19.4. The van der Waals surface area contributed by atoms with Gasteiger partial charge < -0.3 is 10.5 Å². The van der Waals surface area contributed by atoms with Crippen LogP contribution in [0.1, 0.15) is 31.7 Å². The molecule has 0 saturated heterocycles. The van der Waals surface area contributed by atoms with E-state index in [4.69, 9.17) is 10.5 Å². The number of alkyl halides is 3. The van der Waals surface area contributed by atoms with E-state index in [2.05, 4.69) is 6.92 Å². The van der Waals surface area contributed by atoms with Crippen LogP contribution < -0.4 is 10.5 Å². The monoisotopic (exact) mass is 287 g/mol. The predicted octanol–water partition coefficient (Wildman–Crippen LogP) is 3.85. The quantitative estimate of drug-likeness (QED) is 0.916. The van der Waals surface area contributed by atoms with E-state index in [0.717, 1.165) is 25.3 Å². The molecule has 1 fully saturated rings. The summed E-state index contributed by atoms with van der Waals surface area (Å²) in [5.74, 6) is 0.505. The van der Waals surface area contributed by atoms with E-state index < -0.39 is 11.7 Å². The van der Waals surface area contributed by atoms with Crippen molar-refractivity contribution in [3.05, 3.63) is 29.8 Å². The Balaban J connectivity index is 2.20. The predicted molar refractivity (Wildman–Crippen MR) is 71.4 cm³/mol.